The summed E-state index contributed by atoms with van der Waals surface area (Å²) >= 11 is 3.46. The summed E-state index contributed by atoms with van der Waals surface area (Å²) in [7, 11) is 0. The Hall–Kier alpha value is -0.0500. The number of rotatable bonds is 2. The molecule has 3 atom stereocenters. The highest BCUT2D eigenvalue weighted by Gasteiger charge is 2.54. The fourth-order valence-corrected chi connectivity index (χ4v) is 3.00. The van der Waals surface area contributed by atoms with E-state index >= 15 is 0 Å². The van der Waals surface area contributed by atoms with Gasteiger partial charge < -0.3 is 4.90 Å². The molecule has 0 spiro atoms. The van der Waals surface area contributed by atoms with Crippen molar-refractivity contribution in [1.29, 1.82) is 0 Å². The molecule has 3 heteroatoms. The molecule has 2 rings (SSSR count). The SMILES string of the molecule is CCC1(C)CC1N1CCCC(Br)C1=O. The number of halogens is 1. The van der Waals surface area contributed by atoms with Crippen LogP contribution in [0.2, 0.25) is 0 Å². The van der Waals surface area contributed by atoms with E-state index in [1.54, 1.807) is 0 Å². The number of carbonyl (C=O) groups is 1. The molecule has 14 heavy (non-hydrogen) atoms. The van der Waals surface area contributed by atoms with Crippen molar-refractivity contribution in [3.63, 3.8) is 0 Å². The molecule has 0 bridgehead atoms. The highest BCUT2D eigenvalue weighted by molar-refractivity contribution is 9.10. The molecule has 1 saturated carbocycles. The Morgan fingerprint density at radius 3 is 2.93 bits per heavy atom. The minimum atomic E-state index is 0.0814. The molecule has 1 aliphatic carbocycles. The first kappa shape index (κ1) is 10.5. The molecule has 0 aromatic heterocycles. The van der Waals surface area contributed by atoms with Gasteiger partial charge in [-0.25, -0.2) is 0 Å². The third-order valence-electron chi connectivity index (χ3n) is 3.90. The highest BCUT2D eigenvalue weighted by atomic mass is 79.9. The van der Waals surface area contributed by atoms with Gasteiger partial charge in [0.1, 0.15) is 0 Å². The van der Waals surface area contributed by atoms with Gasteiger partial charge in [-0.2, -0.15) is 0 Å². The molecule has 0 aromatic carbocycles. The van der Waals surface area contributed by atoms with Gasteiger partial charge in [0.15, 0.2) is 0 Å². The molecule has 0 N–H and O–H groups in total. The maximum Gasteiger partial charge on any atom is 0.236 e. The summed E-state index contributed by atoms with van der Waals surface area (Å²) in [6.07, 6.45) is 4.55. The second kappa shape index (κ2) is 3.51. The van der Waals surface area contributed by atoms with Crippen molar-refractivity contribution in [3.8, 4) is 0 Å². The van der Waals surface area contributed by atoms with Crippen LogP contribution >= 0.6 is 15.9 Å². The molecule has 2 nitrogen and oxygen atoms in total. The quantitative estimate of drug-likeness (QED) is 0.699. The number of nitrogens with zero attached hydrogens (tertiary/aromatic N) is 1. The first-order valence-corrected chi connectivity index (χ1v) is 6.44. The van der Waals surface area contributed by atoms with Crippen LogP contribution in [0.1, 0.15) is 39.5 Å². The normalized spacial score (nSPS) is 42.8. The third kappa shape index (κ3) is 1.60. The molecule has 1 saturated heterocycles. The van der Waals surface area contributed by atoms with Crippen LogP contribution in [0.5, 0.6) is 0 Å². The summed E-state index contributed by atoms with van der Waals surface area (Å²) in [6.45, 7) is 5.49. The van der Waals surface area contributed by atoms with Crippen LogP contribution in [-0.2, 0) is 4.79 Å². The van der Waals surface area contributed by atoms with Crippen molar-refractivity contribution in [2.24, 2.45) is 5.41 Å². The average molecular weight is 260 g/mol. The summed E-state index contributed by atoms with van der Waals surface area (Å²) in [5.41, 5.74) is 0.416. The lowest BCUT2D eigenvalue weighted by molar-refractivity contribution is -0.133. The monoisotopic (exact) mass is 259 g/mol. The molecule has 0 radical (unpaired) electrons. The second-order valence-electron chi connectivity index (χ2n) is 4.87. The summed E-state index contributed by atoms with van der Waals surface area (Å²) in [5, 5.41) is 0. The zero-order valence-corrected chi connectivity index (χ0v) is 10.5. The molecule has 3 unspecified atom stereocenters. The van der Waals surface area contributed by atoms with E-state index in [0.717, 1.165) is 19.4 Å². The zero-order chi connectivity index (χ0) is 10.3. The summed E-state index contributed by atoms with van der Waals surface area (Å²) in [4.78, 5) is 14.1. The van der Waals surface area contributed by atoms with Crippen LogP contribution in [0.15, 0.2) is 0 Å². The van der Waals surface area contributed by atoms with Gasteiger partial charge in [-0.3, -0.25) is 4.79 Å². The van der Waals surface area contributed by atoms with Crippen LogP contribution in [0.3, 0.4) is 0 Å². The molecule has 2 aliphatic rings. The van der Waals surface area contributed by atoms with Crippen LogP contribution in [0, 0.1) is 5.41 Å². The number of likely N-dealkylation sites (tertiary alicyclic amines) is 1. The number of alkyl halides is 1. The minimum absolute atomic E-state index is 0.0814. The van der Waals surface area contributed by atoms with Crippen molar-refractivity contribution < 1.29 is 4.79 Å². The Kier molecular flexibility index (Phi) is 2.63. The van der Waals surface area contributed by atoms with Crippen LogP contribution in [0.25, 0.3) is 0 Å². The van der Waals surface area contributed by atoms with E-state index in [-0.39, 0.29) is 4.83 Å². The summed E-state index contributed by atoms with van der Waals surface area (Å²) < 4.78 is 0. The van der Waals surface area contributed by atoms with E-state index in [9.17, 15) is 4.79 Å². The number of amides is 1. The van der Waals surface area contributed by atoms with Gasteiger partial charge in [0.05, 0.1) is 4.83 Å². The predicted molar refractivity (Wildman–Crippen MR) is 60.5 cm³/mol. The lowest BCUT2D eigenvalue weighted by atomic mass is 10.0. The molecule has 0 aromatic rings. The highest BCUT2D eigenvalue weighted by Crippen LogP contribution is 2.52. The maximum absolute atomic E-state index is 11.9. The van der Waals surface area contributed by atoms with Gasteiger partial charge in [-0.1, -0.05) is 29.8 Å². The minimum Gasteiger partial charge on any atom is -0.338 e. The Morgan fingerprint density at radius 2 is 2.36 bits per heavy atom. The van der Waals surface area contributed by atoms with Gasteiger partial charge in [-0.15, -0.1) is 0 Å². The lowest BCUT2D eigenvalue weighted by Crippen LogP contribution is -2.44. The zero-order valence-electron chi connectivity index (χ0n) is 8.92. The second-order valence-corrected chi connectivity index (χ2v) is 5.97. The van der Waals surface area contributed by atoms with E-state index in [1.165, 1.54) is 12.8 Å². The van der Waals surface area contributed by atoms with Crippen LogP contribution in [-0.4, -0.2) is 28.2 Å². The van der Waals surface area contributed by atoms with Gasteiger partial charge in [0.25, 0.3) is 0 Å². The average Bonchev–Trinajstić information content (AvgIpc) is 2.84. The van der Waals surface area contributed by atoms with Crippen molar-refractivity contribution in [2.75, 3.05) is 6.54 Å². The smallest absolute Gasteiger partial charge is 0.236 e. The molecule has 1 heterocycles. The van der Waals surface area contributed by atoms with Crippen molar-refractivity contribution >= 4 is 21.8 Å². The summed E-state index contributed by atoms with van der Waals surface area (Å²) in [5.74, 6) is 0.318. The topological polar surface area (TPSA) is 20.3 Å². The Balaban J connectivity index is 2.02. The molecule has 1 amide bonds. The maximum atomic E-state index is 11.9. The Bertz CT molecular complexity index is 256. The van der Waals surface area contributed by atoms with Gasteiger partial charge in [0.2, 0.25) is 5.91 Å². The van der Waals surface area contributed by atoms with Crippen LogP contribution < -0.4 is 0 Å². The van der Waals surface area contributed by atoms with E-state index in [4.69, 9.17) is 0 Å². The first-order valence-electron chi connectivity index (χ1n) is 5.53. The standard InChI is InChI=1S/C11H18BrNO/c1-3-11(2)7-9(11)13-6-4-5-8(12)10(13)14/h8-9H,3-7H2,1-2H3. The fraction of sp³-hybridized carbons (Fsp3) is 0.909. The Labute approximate surface area is 94.2 Å². The van der Waals surface area contributed by atoms with Gasteiger partial charge in [0, 0.05) is 12.6 Å². The van der Waals surface area contributed by atoms with Crippen molar-refractivity contribution in [1.82, 2.24) is 4.90 Å². The van der Waals surface area contributed by atoms with Gasteiger partial charge >= 0.3 is 0 Å². The molecule has 2 fully saturated rings. The largest absolute Gasteiger partial charge is 0.338 e. The lowest BCUT2D eigenvalue weighted by Gasteiger charge is -2.31. The Morgan fingerprint density at radius 1 is 1.64 bits per heavy atom. The van der Waals surface area contributed by atoms with E-state index in [2.05, 4.69) is 34.7 Å². The number of carbonyl (C=O) groups excluding carboxylic acids is 1. The number of hydrogen-bond acceptors (Lipinski definition) is 1. The molecular formula is C11H18BrNO. The molecule has 1 aliphatic heterocycles. The summed E-state index contributed by atoms with van der Waals surface area (Å²) in [6, 6.07) is 0.528. The van der Waals surface area contributed by atoms with Crippen molar-refractivity contribution in [2.45, 2.75) is 50.4 Å². The van der Waals surface area contributed by atoms with Crippen LogP contribution in [0.4, 0.5) is 0 Å². The number of hydrogen-bond donors (Lipinski definition) is 0. The first-order chi connectivity index (χ1) is 6.58. The third-order valence-corrected chi connectivity index (χ3v) is 4.75. The van der Waals surface area contributed by atoms with Gasteiger partial charge in [-0.05, 0) is 31.1 Å². The predicted octanol–water partition coefficient (Wildman–Crippen LogP) is 2.56. The van der Waals surface area contributed by atoms with E-state index < -0.39 is 0 Å². The van der Waals surface area contributed by atoms with E-state index in [0.29, 0.717) is 17.4 Å². The van der Waals surface area contributed by atoms with Crippen molar-refractivity contribution in [3.05, 3.63) is 0 Å². The number of piperidine rings is 1. The molecule has 80 valence electrons. The molecular weight excluding hydrogens is 242 g/mol. The van der Waals surface area contributed by atoms with E-state index in [1.807, 2.05) is 0 Å². The fourth-order valence-electron chi connectivity index (χ4n) is 2.41.